The first-order chi connectivity index (χ1) is 8.64. The SMILES string of the molecule is CCCCN(CC)CC(NC)(C(=O)OC)C1CC1. The molecule has 1 fully saturated rings. The van der Waals surface area contributed by atoms with E-state index in [0.717, 1.165) is 32.5 Å². The van der Waals surface area contributed by atoms with E-state index in [2.05, 4.69) is 24.1 Å². The molecule has 4 heteroatoms. The monoisotopic (exact) mass is 256 g/mol. The van der Waals surface area contributed by atoms with Crippen molar-refractivity contribution < 1.29 is 9.53 Å². The zero-order valence-electron chi connectivity index (χ0n) is 12.3. The zero-order chi connectivity index (χ0) is 13.6. The van der Waals surface area contributed by atoms with Gasteiger partial charge >= 0.3 is 5.97 Å². The van der Waals surface area contributed by atoms with Crippen molar-refractivity contribution >= 4 is 5.97 Å². The van der Waals surface area contributed by atoms with Crippen molar-refractivity contribution in [1.82, 2.24) is 10.2 Å². The fraction of sp³-hybridized carbons (Fsp3) is 0.929. The Hall–Kier alpha value is -0.610. The van der Waals surface area contributed by atoms with Gasteiger partial charge in [-0.2, -0.15) is 0 Å². The molecule has 1 aliphatic rings. The molecule has 0 aromatic heterocycles. The lowest BCUT2D eigenvalue weighted by Gasteiger charge is -2.36. The van der Waals surface area contributed by atoms with E-state index >= 15 is 0 Å². The van der Waals surface area contributed by atoms with Gasteiger partial charge in [0.15, 0.2) is 0 Å². The van der Waals surface area contributed by atoms with Crippen molar-refractivity contribution in [2.75, 3.05) is 33.8 Å². The number of esters is 1. The predicted octanol–water partition coefficient (Wildman–Crippen LogP) is 1.65. The van der Waals surface area contributed by atoms with Crippen LogP contribution in [0, 0.1) is 5.92 Å². The van der Waals surface area contributed by atoms with Gasteiger partial charge in [-0.1, -0.05) is 20.3 Å². The van der Waals surface area contributed by atoms with Crippen LogP contribution in [0.5, 0.6) is 0 Å². The number of nitrogens with zero attached hydrogens (tertiary/aromatic N) is 1. The molecule has 0 amide bonds. The molecule has 106 valence electrons. The topological polar surface area (TPSA) is 41.6 Å². The van der Waals surface area contributed by atoms with E-state index in [1.165, 1.54) is 20.0 Å². The molecule has 1 N–H and O–H groups in total. The van der Waals surface area contributed by atoms with Gasteiger partial charge < -0.3 is 15.0 Å². The average Bonchev–Trinajstić information content (AvgIpc) is 3.23. The molecule has 0 radical (unpaired) electrons. The molecule has 1 unspecified atom stereocenters. The smallest absolute Gasteiger partial charge is 0.327 e. The Bertz CT molecular complexity index is 267. The Morgan fingerprint density at radius 1 is 1.44 bits per heavy atom. The molecular formula is C14H28N2O2. The lowest BCUT2D eigenvalue weighted by Crippen LogP contribution is -2.60. The Labute approximate surface area is 111 Å². The quantitative estimate of drug-likeness (QED) is 0.637. The third kappa shape index (κ3) is 3.45. The number of carbonyl (C=O) groups is 1. The summed E-state index contributed by atoms with van der Waals surface area (Å²) >= 11 is 0. The first-order valence-electron chi connectivity index (χ1n) is 7.14. The predicted molar refractivity (Wildman–Crippen MR) is 73.6 cm³/mol. The van der Waals surface area contributed by atoms with E-state index in [9.17, 15) is 4.79 Å². The molecule has 18 heavy (non-hydrogen) atoms. The van der Waals surface area contributed by atoms with E-state index in [-0.39, 0.29) is 5.97 Å². The van der Waals surface area contributed by atoms with Gasteiger partial charge in [-0.05, 0) is 45.3 Å². The minimum atomic E-state index is -0.501. The molecule has 1 saturated carbocycles. The van der Waals surface area contributed by atoms with Crippen molar-refractivity contribution in [3.8, 4) is 0 Å². The van der Waals surface area contributed by atoms with Gasteiger partial charge in [-0.3, -0.25) is 0 Å². The van der Waals surface area contributed by atoms with Crippen molar-refractivity contribution in [3.63, 3.8) is 0 Å². The molecule has 0 heterocycles. The van der Waals surface area contributed by atoms with Crippen molar-refractivity contribution in [1.29, 1.82) is 0 Å². The van der Waals surface area contributed by atoms with Gasteiger partial charge in [-0.15, -0.1) is 0 Å². The molecule has 0 saturated heterocycles. The highest BCUT2D eigenvalue weighted by Crippen LogP contribution is 2.40. The van der Waals surface area contributed by atoms with E-state index in [1.807, 2.05) is 7.05 Å². The standard InChI is InChI=1S/C14H28N2O2/c1-5-7-10-16(6-2)11-14(15-3,12-8-9-12)13(17)18-4/h12,15H,5-11H2,1-4H3. The number of rotatable bonds is 9. The largest absolute Gasteiger partial charge is 0.468 e. The summed E-state index contributed by atoms with van der Waals surface area (Å²) in [5.74, 6) is 0.327. The van der Waals surface area contributed by atoms with Crippen LogP contribution >= 0.6 is 0 Å². The first kappa shape index (κ1) is 15.4. The van der Waals surface area contributed by atoms with Gasteiger partial charge in [0.1, 0.15) is 5.54 Å². The van der Waals surface area contributed by atoms with Gasteiger partial charge in [0, 0.05) is 6.54 Å². The Morgan fingerprint density at radius 2 is 2.11 bits per heavy atom. The maximum absolute atomic E-state index is 12.2. The molecule has 0 spiro atoms. The highest BCUT2D eigenvalue weighted by Gasteiger charge is 2.51. The molecule has 0 bridgehead atoms. The zero-order valence-corrected chi connectivity index (χ0v) is 12.3. The summed E-state index contributed by atoms with van der Waals surface area (Å²) in [6.07, 6.45) is 4.62. The molecule has 1 aliphatic carbocycles. The van der Waals surface area contributed by atoms with Crippen LogP contribution in [-0.2, 0) is 9.53 Å². The normalized spacial score (nSPS) is 18.7. The van der Waals surface area contributed by atoms with Crippen molar-refractivity contribution in [3.05, 3.63) is 0 Å². The second-order valence-electron chi connectivity index (χ2n) is 5.21. The van der Waals surface area contributed by atoms with E-state index < -0.39 is 5.54 Å². The Balaban J connectivity index is 2.72. The maximum atomic E-state index is 12.2. The number of hydrogen-bond donors (Lipinski definition) is 1. The minimum absolute atomic E-state index is 0.109. The number of hydrogen-bond acceptors (Lipinski definition) is 4. The van der Waals surface area contributed by atoms with Crippen LogP contribution in [0.25, 0.3) is 0 Å². The molecule has 1 atom stereocenters. The molecule has 0 aromatic carbocycles. The highest BCUT2D eigenvalue weighted by molar-refractivity contribution is 5.82. The van der Waals surface area contributed by atoms with Crippen LogP contribution < -0.4 is 5.32 Å². The van der Waals surface area contributed by atoms with Crippen LogP contribution in [0.3, 0.4) is 0 Å². The third-order valence-electron chi connectivity index (χ3n) is 4.02. The van der Waals surface area contributed by atoms with Gasteiger partial charge in [0.05, 0.1) is 7.11 Å². The molecule has 4 nitrogen and oxygen atoms in total. The Morgan fingerprint density at radius 3 is 2.50 bits per heavy atom. The number of unbranched alkanes of at least 4 members (excludes halogenated alkanes) is 1. The molecular weight excluding hydrogens is 228 g/mol. The Kier molecular flexibility index (Phi) is 6.09. The number of carbonyl (C=O) groups excluding carboxylic acids is 1. The lowest BCUT2D eigenvalue weighted by molar-refractivity contribution is -0.150. The summed E-state index contributed by atoms with van der Waals surface area (Å²) in [6, 6.07) is 0. The highest BCUT2D eigenvalue weighted by atomic mass is 16.5. The van der Waals surface area contributed by atoms with Gasteiger partial charge in [0.2, 0.25) is 0 Å². The van der Waals surface area contributed by atoms with Crippen LogP contribution in [-0.4, -0.2) is 50.2 Å². The summed E-state index contributed by atoms with van der Waals surface area (Å²) in [5.41, 5.74) is -0.501. The van der Waals surface area contributed by atoms with Gasteiger partial charge in [-0.25, -0.2) is 4.79 Å². The number of likely N-dealkylation sites (N-methyl/N-ethyl adjacent to an activating group) is 2. The summed E-state index contributed by atoms with van der Waals surface area (Å²) in [7, 11) is 3.36. The second kappa shape index (κ2) is 7.10. The number of nitrogens with one attached hydrogen (secondary N) is 1. The van der Waals surface area contributed by atoms with Crippen molar-refractivity contribution in [2.45, 2.75) is 45.1 Å². The van der Waals surface area contributed by atoms with Crippen LogP contribution in [0.4, 0.5) is 0 Å². The molecule has 0 aliphatic heterocycles. The van der Waals surface area contributed by atoms with Crippen LogP contribution in [0.2, 0.25) is 0 Å². The van der Waals surface area contributed by atoms with Gasteiger partial charge in [0.25, 0.3) is 0 Å². The van der Waals surface area contributed by atoms with Crippen LogP contribution in [0.1, 0.15) is 39.5 Å². The number of ether oxygens (including phenoxy) is 1. The maximum Gasteiger partial charge on any atom is 0.327 e. The van der Waals surface area contributed by atoms with Crippen molar-refractivity contribution in [2.24, 2.45) is 5.92 Å². The van der Waals surface area contributed by atoms with E-state index in [1.54, 1.807) is 0 Å². The number of methoxy groups -OCH3 is 1. The fourth-order valence-corrected chi connectivity index (χ4v) is 2.59. The lowest BCUT2D eigenvalue weighted by atomic mass is 9.92. The summed E-state index contributed by atoms with van der Waals surface area (Å²) in [4.78, 5) is 14.5. The van der Waals surface area contributed by atoms with E-state index in [4.69, 9.17) is 4.74 Å². The third-order valence-corrected chi connectivity index (χ3v) is 4.02. The average molecular weight is 256 g/mol. The summed E-state index contributed by atoms with van der Waals surface area (Å²) in [6.45, 7) is 7.14. The van der Waals surface area contributed by atoms with E-state index in [0.29, 0.717) is 5.92 Å². The second-order valence-corrected chi connectivity index (χ2v) is 5.21. The fourth-order valence-electron chi connectivity index (χ4n) is 2.59. The van der Waals surface area contributed by atoms with Crippen LogP contribution in [0.15, 0.2) is 0 Å². The minimum Gasteiger partial charge on any atom is -0.468 e. The first-order valence-corrected chi connectivity index (χ1v) is 7.14. The summed E-state index contributed by atoms with van der Waals surface area (Å²) in [5, 5.41) is 3.25. The molecule has 1 rings (SSSR count). The molecule has 0 aromatic rings. The summed E-state index contributed by atoms with van der Waals surface area (Å²) < 4.78 is 5.03.